The predicted molar refractivity (Wildman–Crippen MR) is 77.4 cm³/mol. The molecule has 2 heterocycles. The second kappa shape index (κ2) is 7.09. The van der Waals surface area contributed by atoms with Crippen LogP contribution < -0.4 is 0 Å². The van der Waals surface area contributed by atoms with Crippen LogP contribution in [-0.2, 0) is 25.1 Å². The van der Waals surface area contributed by atoms with E-state index in [1.165, 1.54) is 6.26 Å². The van der Waals surface area contributed by atoms with Crippen molar-refractivity contribution < 1.29 is 22.4 Å². The first kappa shape index (κ1) is 16.0. The first-order valence-electron chi connectivity index (χ1n) is 7.12. The number of rotatable bonds is 6. The number of sulfone groups is 1. The molecule has 1 aliphatic heterocycles. The first-order chi connectivity index (χ1) is 10.0. The van der Waals surface area contributed by atoms with Gasteiger partial charge in [-0.15, -0.1) is 0 Å². The fraction of sp³-hybridized carbons (Fsp3) is 0.643. The number of ether oxygens (including phenoxy) is 1. The quantitative estimate of drug-likeness (QED) is 0.789. The molecule has 2 rings (SSSR count). The van der Waals surface area contributed by atoms with Crippen LogP contribution in [0.4, 0.5) is 0 Å². The molecular formula is C14H21NO5S. The van der Waals surface area contributed by atoms with Crippen LogP contribution in [0.5, 0.6) is 0 Å². The Morgan fingerprint density at radius 3 is 2.71 bits per heavy atom. The molecule has 118 valence electrons. The lowest BCUT2D eigenvalue weighted by Gasteiger charge is -2.31. The van der Waals surface area contributed by atoms with Crippen molar-refractivity contribution in [3.8, 4) is 0 Å². The largest absolute Gasteiger partial charge is 0.468 e. The lowest BCUT2D eigenvalue weighted by molar-refractivity contribution is -0.136. The number of likely N-dealkylation sites (tertiary alicyclic amines) is 1. The highest BCUT2D eigenvalue weighted by Gasteiger charge is 2.32. The number of carbonyl (C=O) groups excluding carboxylic acids is 1. The molecule has 0 N–H and O–H groups in total. The summed E-state index contributed by atoms with van der Waals surface area (Å²) in [7, 11) is -3.24. The summed E-state index contributed by atoms with van der Waals surface area (Å²) in [5, 5.41) is -0.404. The molecule has 1 aromatic rings. The fourth-order valence-corrected chi connectivity index (χ4v) is 4.18. The van der Waals surface area contributed by atoms with Crippen molar-refractivity contribution in [2.24, 2.45) is 0 Å². The molecular weight excluding hydrogens is 294 g/mol. The minimum absolute atomic E-state index is 0.0698. The Bertz CT molecular complexity index is 544. The second-order valence-electron chi connectivity index (χ2n) is 5.10. The zero-order valence-electron chi connectivity index (χ0n) is 12.2. The van der Waals surface area contributed by atoms with Gasteiger partial charge in [-0.3, -0.25) is 4.79 Å². The van der Waals surface area contributed by atoms with E-state index >= 15 is 0 Å². The zero-order chi connectivity index (χ0) is 15.3. The third-order valence-electron chi connectivity index (χ3n) is 3.66. The Morgan fingerprint density at radius 2 is 2.14 bits per heavy atom. The highest BCUT2D eigenvalue weighted by atomic mass is 32.2. The number of hydrogen-bond donors (Lipinski definition) is 0. The molecule has 0 radical (unpaired) electrons. The minimum atomic E-state index is -3.24. The molecule has 0 saturated carbocycles. The maximum atomic E-state index is 12.3. The van der Waals surface area contributed by atoms with Crippen LogP contribution >= 0.6 is 0 Å². The van der Waals surface area contributed by atoms with Crippen molar-refractivity contribution in [2.45, 2.75) is 30.8 Å². The molecule has 1 amide bonds. The molecule has 1 fully saturated rings. The number of amides is 1. The SMILES string of the molecule is CCOCC(=O)N1CCC(S(=O)(=O)Cc2ccco2)CC1. The van der Waals surface area contributed by atoms with E-state index in [1.54, 1.807) is 17.0 Å². The maximum Gasteiger partial charge on any atom is 0.248 e. The Kier molecular flexibility index (Phi) is 5.41. The predicted octanol–water partition coefficient (Wildman–Crippen LogP) is 1.22. The topological polar surface area (TPSA) is 76.8 Å². The summed E-state index contributed by atoms with van der Waals surface area (Å²) in [6, 6.07) is 3.35. The number of carbonyl (C=O) groups is 1. The number of hydrogen-bond acceptors (Lipinski definition) is 5. The Balaban J connectivity index is 1.87. The third-order valence-corrected chi connectivity index (χ3v) is 5.83. The smallest absolute Gasteiger partial charge is 0.248 e. The van der Waals surface area contributed by atoms with E-state index in [-0.39, 0.29) is 18.3 Å². The van der Waals surface area contributed by atoms with Crippen molar-refractivity contribution >= 4 is 15.7 Å². The Hall–Kier alpha value is -1.34. The van der Waals surface area contributed by atoms with Crippen LogP contribution in [0.1, 0.15) is 25.5 Å². The Morgan fingerprint density at radius 1 is 1.43 bits per heavy atom. The van der Waals surface area contributed by atoms with E-state index in [9.17, 15) is 13.2 Å². The van der Waals surface area contributed by atoms with Gasteiger partial charge < -0.3 is 14.1 Å². The van der Waals surface area contributed by atoms with Crippen LogP contribution in [0.15, 0.2) is 22.8 Å². The maximum absolute atomic E-state index is 12.3. The standard InChI is InChI=1S/C14H21NO5S/c1-2-19-10-14(16)15-7-5-13(6-8-15)21(17,18)11-12-4-3-9-20-12/h3-4,9,13H,2,5-8,10-11H2,1H3. The molecule has 1 saturated heterocycles. The molecule has 21 heavy (non-hydrogen) atoms. The molecule has 7 heteroatoms. The van der Waals surface area contributed by atoms with Crippen LogP contribution in [-0.4, -0.2) is 50.8 Å². The zero-order valence-corrected chi connectivity index (χ0v) is 13.0. The van der Waals surface area contributed by atoms with Crippen LogP contribution in [0.3, 0.4) is 0 Å². The van der Waals surface area contributed by atoms with Crippen LogP contribution in [0, 0.1) is 0 Å². The van der Waals surface area contributed by atoms with E-state index in [0.29, 0.717) is 38.3 Å². The summed E-state index contributed by atoms with van der Waals surface area (Å²) in [6.45, 7) is 3.34. The van der Waals surface area contributed by atoms with E-state index in [2.05, 4.69) is 0 Å². The second-order valence-corrected chi connectivity index (χ2v) is 7.38. The molecule has 0 bridgehead atoms. The molecule has 6 nitrogen and oxygen atoms in total. The molecule has 1 aliphatic rings. The van der Waals surface area contributed by atoms with E-state index < -0.39 is 15.1 Å². The highest BCUT2D eigenvalue weighted by molar-refractivity contribution is 7.91. The molecule has 0 spiro atoms. The van der Waals surface area contributed by atoms with Crippen LogP contribution in [0.2, 0.25) is 0 Å². The van der Waals surface area contributed by atoms with Gasteiger partial charge in [0, 0.05) is 19.7 Å². The van der Waals surface area contributed by atoms with Gasteiger partial charge in [-0.1, -0.05) is 0 Å². The van der Waals surface area contributed by atoms with Gasteiger partial charge in [0.1, 0.15) is 18.1 Å². The number of piperidine rings is 1. The molecule has 0 atom stereocenters. The minimum Gasteiger partial charge on any atom is -0.468 e. The van der Waals surface area contributed by atoms with E-state index in [4.69, 9.17) is 9.15 Å². The van der Waals surface area contributed by atoms with Gasteiger partial charge in [0.15, 0.2) is 9.84 Å². The Labute approximate surface area is 125 Å². The van der Waals surface area contributed by atoms with Gasteiger partial charge in [-0.05, 0) is 31.9 Å². The molecule has 1 aromatic heterocycles. The van der Waals surface area contributed by atoms with Gasteiger partial charge >= 0.3 is 0 Å². The van der Waals surface area contributed by atoms with Crippen LogP contribution in [0.25, 0.3) is 0 Å². The van der Waals surface area contributed by atoms with Gasteiger partial charge in [0.2, 0.25) is 5.91 Å². The molecule has 0 aromatic carbocycles. The lowest BCUT2D eigenvalue weighted by atomic mass is 10.1. The van der Waals surface area contributed by atoms with Gasteiger partial charge in [-0.2, -0.15) is 0 Å². The van der Waals surface area contributed by atoms with Crippen molar-refractivity contribution in [2.75, 3.05) is 26.3 Å². The van der Waals surface area contributed by atoms with Crippen molar-refractivity contribution in [3.05, 3.63) is 24.2 Å². The summed E-state index contributed by atoms with van der Waals surface area (Å²) in [4.78, 5) is 13.5. The fourth-order valence-electron chi connectivity index (χ4n) is 2.46. The number of furan rings is 1. The average Bonchev–Trinajstić information content (AvgIpc) is 2.97. The number of nitrogens with zero attached hydrogens (tertiary/aromatic N) is 1. The summed E-state index contributed by atoms with van der Waals surface area (Å²) in [5.74, 6) is 0.320. The molecule has 0 aliphatic carbocycles. The van der Waals surface area contributed by atoms with E-state index in [0.717, 1.165) is 0 Å². The van der Waals surface area contributed by atoms with Crippen molar-refractivity contribution in [1.29, 1.82) is 0 Å². The first-order valence-corrected chi connectivity index (χ1v) is 8.84. The summed E-state index contributed by atoms with van der Waals surface area (Å²) in [6.07, 6.45) is 2.42. The van der Waals surface area contributed by atoms with Gasteiger partial charge in [0.05, 0.1) is 11.5 Å². The summed E-state index contributed by atoms with van der Waals surface area (Å²) in [5.41, 5.74) is 0. The normalized spacial score (nSPS) is 17.1. The van der Waals surface area contributed by atoms with Gasteiger partial charge in [-0.25, -0.2) is 8.42 Å². The van der Waals surface area contributed by atoms with Crippen molar-refractivity contribution in [1.82, 2.24) is 4.90 Å². The lowest BCUT2D eigenvalue weighted by Crippen LogP contribution is -2.44. The average molecular weight is 315 g/mol. The van der Waals surface area contributed by atoms with Crippen molar-refractivity contribution in [3.63, 3.8) is 0 Å². The summed E-state index contributed by atoms with van der Waals surface area (Å²) >= 11 is 0. The third kappa shape index (κ3) is 4.31. The molecule has 0 unspecified atom stereocenters. The highest BCUT2D eigenvalue weighted by Crippen LogP contribution is 2.21. The van der Waals surface area contributed by atoms with E-state index in [1.807, 2.05) is 6.92 Å². The monoisotopic (exact) mass is 315 g/mol. The van der Waals surface area contributed by atoms with Gasteiger partial charge in [0.25, 0.3) is 0 Å². The summed E-state index contributed by atoms with van der Waals surface area (Å²) < 4.78 is 34.8.